The van der Waals surface area contributed by atoms with Gasteiger partial charge < -0.3 is 4.74 Å². The Morgan fingerprint density at radius 2 is 2.00 bits per heavy atom. The molecule has 1 aliphatic rings. The fourth-order valence-electron chi connectivity index (χ4n) is 3.21. The van der Waals surface area contributed by atoms with Gasteiger partial charge in [0, 0.05) is 15.6 Å². The van der Waals surface area contributed by atoms with Gasteiger partial charge in [0.1, 0.15) is 18.2 Å². The molecule has 1 heterocycles. The van der Waals surface area contributed by atoms with Crippen LogP contribution < -0.4 is 10.2 Å². The summed E-state index contributed by atoms with van der Waals surface area (Å²) in [6, 6.07) is 16.6. The number of nitrogens with one attached hydrogen (secondary N) is 1. The quantitative estimate of drug-likeness (QED) is 0.256. The standard InChI is InChI=1S/C25H17BrClFN2O3S2/c1-14-6-8-18(19(27)10-14)23(31)29-30-24(32)22(35-25(30)34)12-16-11-17(26)7-9-21(16)33-13-15-4-2-3-5-20(15)28/h2-12H,13H2,1H3,(H,29,31)/b22-12-. The third-order valence-corrected chi connectivity index (χ3v) is 7.08. The minimum absolute atomic E-state index is 0.0173. The molecule has 1 N–H and O–H groups in total. The molecule has 10 heteroatoms. The first-order valence-corrected chi connectivity index (χ1v) is 12.6. The minimum Gasteiger partial charge on any atom is -0.488 e. The lowest BCUT2D eigenvalue weighted by Crippen LogP contribution is -2.44. The summed E-state index contributed by atoms with van der Waals surface area (Å²) in [5.41, 5.74) is 4.65. The van der Waals surface area contributed by atoms with Crippen LogP contribution in [-0.2, 0) is 11.4 Å². The minimum atomic E-state index is -0.552. The van der Waals surface area contributed by atoms with Crippen LogP contribution in [0.25, 0.3) is 6.08 Å². The van der Waals surface area contributed by atoms with Crippen LogP contribution in [0.4, 0.5) is 4.39 Å². The fourth-order valence-corrected chi connectivity index (χ4v) is 5.08. The first-order valence-electron chi connectivity index (χ1n) is 10.2. The van der Waals surface area contributed by atoms with Crippen LogP contribution in [0.3, 0.4) is 0 Å². The van der Waals surface area contributed by atoms with E-state index in [1.54, 1.807) is 60.7 Å². The van der Waals surface area contributed by atoms with E-state index in [0.29, 0.717) is 21.8 Å². The lowest BCUT2D eigenvalue weighted by atomic mass is 10.1. The van der Waals surface area contributed by atoms with Gasteiger partial charge in [-0.2, -0.15) is 5.01 Å². The Labute approximate surface area is 224 Å². The Bertz CT molecular complexity index is 1380. The van der Waals surface area contributed by atoms with Gasteiger partial charge in [-0.05, 0) is 67.2 Å². The monoisotopic (exact) mass is 590 g/mol. The summed E-state index contributed by atoms with van der Waals surface area (Å²) in [5.74, 6) is -0.950. The van der Waals surface area contributed by atoms with Crippen molar-refractivity contribution in [1.29, 1.82) is 0 Å². The molecule has 0 unspecified atom stereocenters. The second-order valence-electron chi connectivity index (χ2n) is 7.50. The second kappa shape index (κ2) is 10.9. The zero-order chi connectivity index (χ0) is 25.1. The van der Waals surface area contributed by atoms with E-state index in [9.17, 15) is 14.0 Å². The molecule has 4 rings (SSSR count). The predicted molar refractivity (Wildman–Crippen MR) is 144 cm³/mol. The number of nitrogens with zero attached hydrogens (tertiary/aromatic N) is 1. The number of aryl methyl sites for hydroxylation is 1. The zero-order valence-corrected chi connectivity index (χ0v) is 22.2. The third-order valence-electron chi connectivity index (χ3n) is 4.98. The van der Waals surface area contributed by atoms with E-state index in [2.05, 4.69) is 21.4 Å². The Kier molecular flexibility index (Phi) is 7.91. The van der Waals surface area contributed by atoms with Gasteiger partial charge in [0.25, 0.3) is 11.8 Å². The van der Waals surface area contributed by atoms with Crippen molar-refractivity contribution in [3.05, 3.63) is 103 Å². The maximum absolute atomic E-state index is 14.0. The Morgan fingerprint density at radius 3 is 2.74 bits per heavy atom. The molecule has 1 saturated heterocycles. The molecule has 1 aliphatic heterocycles. The predicted octanol–water partition coefficient (Wildman–Crippen LogP) is 6.68. The van der Waals surface area contributed by atoms with Gasteiger partial charge in [-0.3, -0.25) is 15.0 Å². The van der Waals surface area contributed by atoms with Crippen LogP contribution in [0.15, 0.2) is 70.0 Å². The van der Waals surface area contributed by atoms with Gasteiger partial charge >= 0.3 is 0 Å². The van der Waals surface area contributed by atoms with Crippen molar-refractivity contribution >= 4 is 73.7 Å². The van der Waals surface area contributed by atoms with Crippen molar-refractivity contribution in [3.63, 3.8) is 0 Å². The number of hydrogen-bond donors (Lipinski definition) is 1. The lowest BCUT2D eigenvalue weighted by Gasteiger charge is -2.16. The summed E-state index contributed by atoms with van der Waals surface area (Å²) >= 11 is 16.0. The molecule has 3 aromatic rings. The van der Waals surface area contributed by atoms with Gasteiger partial charge in [0.05, 0.1) is 15.5 Å². The number of halogens is 3. The van der Waals surface area contributed by atoms with Crippen molar-refractivity contribution in [2.45, 2.75) is 13.5 Å². The van der Waals surface area contributed by atoms with Crippen LogP contribution >= 0.6 is 51.5 Å². The first-order chi connectivity index (χ1) is 16.7. The molecule has 178 valence electrons. The normalized spacial score (nSPS) is 14.5. The molecular weight excluding hydrogens is 575 g/mol. The number of carbonyl (C=O) groups is 2. The number of thioether (sulfide) groups is 1. The maximum Gasteiger partial charge on any atom is 0.285 e. The Hall–Kier alpha value is -2.72. The SMILES string of the molecule is Cc1ccc(C(=O)NN2C(=O)/C(=C/c3cc(Br)ccc3OCc3ccccc3F)SC2=S)c(Cl)c1. The van der Waals surface area contributed by atoms with E-state index in [0.717, 1.165) is 26.8 Å². The summed E-state index contributed by atoms with van der Waals surface area (Å²) < 4.78 is 20.8. The van der Waals surface area contributed by atoms with Crippen LogP contribution in [0.1, 0.15) is 27.0 Å². The summed E-state index contributed by atoms with van der Waals surface area (Å²) in [4.78, 5) is 26.0. The van der Waals surface area contributed by atoms with Crippen LogP contribution in [0.2, 0.25) is 5.02 Å². The maximum atomic E-state index is 14.0. The highest BCUT2D eigenvalue weighted by atomic mass is 79.9. The van der Waals surface area contributed by atoms with Gasteiger partial charge in [0.15, 0.2) is 4.32 Å². The highest BCUT2D eigenvalue weighted by Gasteiger charge is 2.34. The number of ether oxygens (including phenoxy) is 1. The van der Waals surface area contributed by atoms with Crippen LogP contribution in [-0.4, -0.2) is 21.1 Å². The number of benzene rings is 3. The van der Waals surface area contributed by atoms with Crippen molar-refractivity contribution in [1.82, 2.24) is 10.4 Å². The fraction of sp³-hybridized carbons (Fsp3) is 0.0800. The second-order valence-corrected chi connectivity index (χ2v) is 10.5. The molecule has 0 radical (unpaired) electrons. The zero-order valence-electron chi connectivity index (χ0n) is 18.2. The van der Waals surface area contributed by atoms with Crippen molar-refractivity contribution in [3.8, 4) is 5.75 Å². The molecule has 1 fully saturated rings. The van der Waals surface area contributed by atoms with E-state index < -0.39 is 11.8 Å². The number of amides is 2. The summed E-state index contributed by atoms with van der Waals surface area (Å²) in [6.45, 7) is 1.88. The molecule has 5 nitrogen and oxygen atoms in total. The average molecular weight is 592 g/mol. The van der Waals surface area contributed by atoms with Gasteiger partial charge in [-0.25, -0.2) is 4.39 Å². The molecule has 35 heavy (non-hydrogen) atoms. The Morgan fingerprint density at radius 1 is 1.23 bits per heavy atom. The van der Waals surface area contributed by atoms with E-state index in [1.807, 2.05) is 6.92 Å². The Balaban J connectivity index is 1.54. The molecule has 0 spiro atoms. The van der Waals surface area contributed by atoms with Crippen molar-refractivity contribution in [2.24, 2.45) is 0 Å². The van der Waals surface area contributed by atoms with Crippen LogP contribution in [0, 0.1) is 12.7 Å². The third kappa shape index (κ3) is 5.92. The van der Waals surface area contributed by atoms with E-state index in [4.69, 9.17) is 28.6 Å². The largest absolute Gasteiger partial charge is 0.488 e. The van der Waals surface area contributed by atoms with E-state index in [1.165, 1.54) is 6.07 Å². The molecular formula is C25H17BrClFN2O3S2. The highest BCUT2D eigenvalue weighted by molar-refractivity contribution is 9.10. The van der Waals surface area contributed by atoms with Crippen molar-refractivity contribution in [2.75, 3.05) is 0 Å². The number of carbonyl (C=O) groups excluding carboxylic acids is 2. The molecule has 0 atom stereocenters. The van der Waals surface area contributed by atoms with Crippen LogP contribution in [0.5, 0.6) is 5.75 Å². The van der Waals surface area contributed by atoms with Gasteiger partial charge in [-0.1, -0.05) is 63.6 Å². The summed E-state index contributed by atoms with van der Waals surface area (Å²) in [6.07, 6.45) is 1.62. The first kappa shape index (κ1) is 25.4. The molecule has 0 saturated carbocycles. The van der Waals surface area contributed by atoms with E-state index >= 15 is 0 Å². The molecule has 3 aromatic carbocycles. The topological polar surface area (TPSA) is 58.6 Å². The van der Waals surface area contributed by atoms with E-state index in [-0.39, 0.29) is 27.3 Å². The average Bonchev–Trinajstić information content (AvgIpc) is 3.06. The van der Waals surface area contributed by atoms with Gasteiger partial charge in [0.2, 0.25) is 0 Å². The molecule has 0 aliphatic carbocycles. The number of hydrazine groups is 1. The molecule has 0 bridgehead atoms. The molecule has 0 aromatic heterocycles. The number of rotatable bonds is 6. The summed E-state index contributed by atoms with van der Waals surface area (Å²) in [7, 11) is 0. The number of thiocarbonyl (C=S) groups is 1. The number of hydrogen-bond acceptors (Lipinski definition) is 5. The van der Waals surface area contributed by atoms with Crippen molar-refractivity contribution < 1.29 is 18.7 Å². The smallest absolute Gasteiger partial charge is 0.285 e. The lowest BCUT2D eigenvalue weighted by molar-refractivity contribution is -0.123. The summed E-state index contributed by atoms with van der Waals surface area (Å²) in [5, 5.41) is 1.29. The molecule has 2 amide bonds. The van der Waals surface area contributed by atoms with Gasteiger partial charge in [-0.15, -0.1) is 0 Å². The highest BCUT2D eigenvalue weighted by Crippen LogP contribution is 2.35.